The number of hydrogen-bond acceptors (Lipinski definition) is 4. The SMILES string of the molecule is C#CC1(OCC2CNCCN2CCO)CCCCC1. The lowest BCUT2D eigenvalue weighted by Crippen LogP contribution is -2.55. The third kappa shape index (κ3) is 3.93. The summed E-state index contributed by atoms with van der Waals surface area (Å²) in [6, 6.07) is 0.327. The Hall–Kier alpha value is -0.600. The Morgan fingerprint density at radius 2 is 2.16 bits per heavy atom. The molecule has 2 N–H and O–H groups in total. The van der Waals surface area contributed by atoms with E-state index in [0.29, 0.717) is 12.6 Å². The van der Waals surface area contributed by atoms with Gasteiger partial charge < -0.3 is 15.2 Å². The van der Waals surface area contributed by atoms with Gasteiger partial charge in [-0.05, 0) is 25.7 Å². The van der Waals surface area contributed by atoms with Gasteiger partial charge in [-0.15, -0.1) is 6.42 Å². The van der Waals surface area contributed by atoms with Gasteiger partial charge in [0.2, 0.25) is 0 Å². The Morgan fingerprint density at radius 3 is 2.84 bits per heavy atom. The average molecular weight is 266 g/mol. The maximum Gasteiger partial charge on any atom is 0.128 e. The van der Waals surface area contributed by atoms with Gasteiger partial charge >= 0.3 is 0 Å². The molecular weight excluding hydrogens is 240 g/mol. The van der Waals surface area contributed by atoms with Crippen molar-refractivity contribution in [1.82, 2.24) is 10.2 Å². The Kier molecular flexibility index (Phi) is 5.65. The number of nitrogens with one attached hydrogen (secondary N) is 1. The van der Waals surface area contributed by atoms with E-state index in [1.807, 2.05) is 0 Å². The highest BCUT2D eigenvalue weighted by Crippen LogP contribution is 2.31. The molecule has 0 bridgehead atoms. The van der Waals surface area contributed by atoms with Crippen molar-refractivity contribution in [1.29, 1.82) is 0 Å². The molecule has 0 aromatic carbocycles. The molecule has 108 valence electrons. The number of piperazine rings is 1. The summed E-state index contributed by atoms with van der Waals surface area (Å²) in [4.78, 5) is 2.30. The molecular formula is C15H26N2O2. The molecule has 4 nitrogen and oxygen atoms in total. The molecule has 1 unspecified atom stereocenters. The number of hydrogen-bond donors (Lipinski definition) is 2. The van der Waals surface area contributed by atoms with Crippen LogP contribution in [0.2, 0.25) is 0 Å². The molecule has 1 aliphatic carbocycles. The summed E-state index contributed by atoms with van der Waals surface area (Å²) in [5, 5.41) is 12.5. The smallest absolute Gasteiger partial charge is 0.128 e. The molecule has 4 heteroatoms. The molecule has 0 aromatic heterocycles. The molecule has 2 fully saturated rings. The Bertz CT molecular complexity index is 306. The van der Waals surface area contributed by atoms with Crippen LogP contribution in [0.3, 0.4) is 0 Å². The monoisotopic (exact) mass is 266 g/mol. The van der Waals surface area contributed by atoms with Gasteiger partial charge in [0, 0.05) is 32.2 Å². The van der Waals surface area contributed by atoms with Gasteiger partial charge in [-0.1, -0.05) is 12.3 Å². The van der Waals surface area contributed by atoms with Gasteiger partial charge in [-0.3, -0.25) is 4.90 Å². The maximum absolute atomic E-state index is 9.11. The summed E-state index contributed by atoms with van der Waals surface area (Å²) in [6.07, 6.45) is 11.3. The minimum absolute atomic E-state index is 0.205. The van der Waals surface area contributed by atoms with Crippen molar-refractivity contribution in [3.63, 3.8) is 0 Å². The molecule has 0 radical (unpaired) electrons. The first-order valence-electron chi connectivity index (χ1n) is 7.47. The van der Waals surface area contributed by atoms with Gasteiger partial charge in [0.1, 0.15) is 5.60 Å². The van der Waals surface area contributed by atoms with Crippen molar-refractivity contribution >= 4 is 0 Å². The second kappa shape index (κ2) is 7.25. The van der Waals surface area contributed by atoms with Crippen LogP contribution in [-0.4, -0.2) is 61.0 Å². The van der Waals surface area contributed by atoms with Gasteiger partial charge in [0.05, 0.1) is 13.2 Å². The highest BCUT2D eigenvalue weighted by molar-refractivity contribution is 5.10. The van der Waals surface area contributed by atoms with Crippen LogP contribution < -0.4 is 5.32 Å². The number of terminal acetylenes is 1. The van der Waals surface area contributed by atoms with E-state index in [-0.39, 0.29) is 12.2 Å². The van der Waals surface area contributed by atoms with Crippen molar-refractivity contribution in [2.24, 2.45) is 0 Å². The van der Waals surface area contributed by atoms with Gasteiger partial charge in [-0.2, -0.15) is 0 Å². The summed E-state index contributed by atoms with van der Waals surface area (Å²) in [7, 11) is 0. The van der Waals surface area contributed by atoms with E-state index in [2.05, 4.69) is 16.1 Å². The molecule has 1 heterocycles. The fourth-order valence-electron chi connectivity index (χ4n) is 3.10. The molecule has 0 spiro atoms. The van der Waals surface area contributed by atoms with Gasteiger partial charge in [0.15, 0.2) is 0 Å². The molecule has 0 aromatic rings. The molecule has 0 amide bonds. The summed E-state index contributed by atoms with van der Waals surface area (Å²) < 4.78 is 6.14. The summed E-state index contributed by atoms with van der Waals surface area (Å²) in [5.74, 6) is 2.89. The summed E-state index contributed by atoms with van der Waals surface area (Å²) in [6.45, 7) is 4.46. The van der Waals surface area contributed by atoms with Crippen LogP contribution in [-0.2, 0) is 4.74 Å². The van der Waals surface area contributed by atoms with E-state index in [4.69, 9.17) is 16.3 Å². The second-order valence-electron chi connectivity index (χ2n) is 5.63. The van der Waals surface area contributed by atoms with Crippen molar-refractivity contribution in [3.05, 3.63) is 0 Å². The molecule has 19 heavy (non-hydrogen) atoms. The number of ether oxygens (including phenoxy) is 1. The second-order valence-corrected chi connectivity index (χ2v) is 5.63. The van der Waals surface area contributed by atoms with Crippen LogP contribution in [0.15, 0.2) is 0 Å². The van der Waals surface area contributed by atoms with Crippen LogP contribution in [0.25, 0.3) is 0 Å². The van der Waals surface area contributed by atoms with Crippen LogP contribution in [0.5, 0.6) is 0 Å². The quantitative estimate of drug-likeness (QED) is 0.716. The van der Waals surface area contributed by atoms with E-state index >= 15 is 0 Å². The minimum Gasteiger partial charge on any atom is -0.395 e. The molecule has 1 aliphatic heterocycles. The third-order valence-corrected chi connectivity index (χ3v) is 4.34. The standard InChI is InChI=1S/C15H26N2O2/c1-2-15(6-4-3-5-7-15)19-13-14-12-16-8-9-17(14)10-11-18/h1,14,16,18H,3-13H2. The first-order chi connectivity index (χ1) is 9.29. The maximum atomic E-state index is 9.11. The van der Waals surface area contributed by atoms with Gasteiger partial charge in [0.25, 0.3) is 0 Å². The molecule has 1 saturated heterocycles. The van der Waals surface area contributed by atoms with Crippen molar-refractivity contribution in [2.45, 2.75) is 43.7 Å². The molecule has 2 rings (SSSR count). The minimum atomic E-state index is -0.333. The largest absolute Gasteiger partial charge is 0.395 e. The van der Waals surface area contributed by atoms with E-state index in [9.17, 15) is 0 Å². The van der Waals surface area contributed by atoms with Crippen molar-refractivity contribution < 1.29 is 9.84 Å². The fraction of sp³-hybridized carbons (Fsp3) is 0.867. The van der Waals surface area contributed by atoms with E-state index in [1.165, 1.54) is 19.3 Å². The average Bonchev–Trinajstić information content (AvgIpc) is 2.48. The van der Waals surface area contributed by atoms with Crippen LogP contribution >= 0.6 is 0 Å². The Balaban J connectivity index is 1.86. The highest BCUT2D eigenvalue weighted by Gasteiger charge is 2.32. The number of nitrogens with zero attached hydrogens (tertiary/aromatic N) is 1. The molecule has 1 atom stereocenters. The van der Waals surface area contributed by atoms with E-state index < -0.39 is 0 Å². The first kappa shape index (κ1) is 14.8. The van der Waals surface area contributed by atoms with E-state index in [0.717, 1.165) is 39.0 Å². The number of rotatable bonds is 5. The fourth-order valence-corrected chi connectivity index (χ4v) is 3.10. The lowest BCUT2D eigenvalue weighted by atomic mass is 9.85. The lowest BCUT2D eigenvalue weighted by molar-refractivity contribution is -0.0570. The zero-order valence-electron chi connectivity index (χ0n) is 11.7. The number of β-amino-alcohol motifs (C(OH)–C–C–N with tert-alkyl or cyclic N) is 1. The van der Waals surface area contributed by atoms with Gasteiger partial charge in [-0.25, -0.2) is 0 Å². The third-order valence-electron chi connectivity index (χ3n) is 4.34. The predicted molar refractivity (Wildman–Crippen MR) is 75.9 cm³/mol. The lowest BCUT2D eigenvalue weighted by Gasteiger charge is -2.39. The number of aliphatic hydroxyl groups is 1. The van der Waals surface area contributed by atoms with Crippen LogP contribution in [0.1, 0.15) is 32.1 Å². The zero-order valence-corrected chi connectivity index (χ0v) is 11.7. The Morgan fingerprint density at radius 1 is 1.37 bits per heavy atom. The van der Waals surface area contributed by atoms with Crippen molar-refractivity contribution in [3.8, 4) is 12.3 Å². The van der Waals surface area contributed by atoms with E-state index in [1.54, 1.807) is 0 Å². The van der Waals surface area contributed by atoms with Crippen molar-refractivity contribution in [2.75, 3.05) is 39.4 Å². The Labute approximate surface area is 116 Å². The summed E-state index contributed by atoms with van der Waals surface area (Å²) >= 11 is 0. The van der Waals surface area contributed by atoms with Crippen LogP contribution in [0.4, 0.5) is 0 Å². The number of aliphatic hydroxyl groups excluding tert-OH is 1. The molecule has 2 aliphatic rings. The topological polar surface area (TPSA) is 44.7 Å². The predicted octanol–water partition coefficient (Wildman–Crippen LogP) is 0.605. The summed E-state index contributed by atoms with van der Waals surface area (Å²) in [5.41, 5.74) is -0.333. The highest BCUT2D eigenvalue weighted by atomic mass is 16.5. The first-order valence-corrected chi connectivity index (χ1v) is 7.47. The zero-order chi connectivity index (χ0) is 13.6. The molecule has 1 saturated carbocycles. The van der Waals surface area contributed by atoms with Crippen LogP contribution in [0, 0.1) is 12.3 Å². The normalized spacial score (nSPS) is 27.9.